The van der Waals surface area contributed by atoms with Crippen LogP contribution in [-0.4, -0.2) is 79.0 Å². The molecule has 6 rings (SSSR count). The van der Waals surface area contributed by atoms with Crippen molar-refractivity contribution in [2.45, 2.75) is 83.3 Å². The Morgan fingerprint density at radius 2 is 1.79 bits per heavy atom. The molecule has 0 aromatic heterocycles. The summed E-state index contributed by atoms with van der Waals surface area (Å²) in [5.74, 6) is -0.738. The number of carbonyl (C=O) groups is 2. The quantitative estimate of drug-likeness (QED) is 0.465. The van der Waals surface area contributed by atoms with E-state index in [0.717, 1.165) is 51.9 Å². The molecule has 5 heterocycles. The normalized spacial score (nSPS) is 44.7. The van der Waals surface area contributed by atoms with Crippen molar-refractivity contribution in [1.82, 2.24) is 15.3 Å². The lowest BCUT2D eigenvalue weighted by Crippen LogP contribution is -2.70. The van der Waals surface area contributed by atoms with Crippen molar-refractivity contribution in [2.75, 3.05) is 33.2 Å². The van der Waals surface area contributed by atoms with E-state index in [9.17, 15) is 9.59 Å². The topological polar surface area (TPSA) is 98.8 Å². The standard InChI is InChI=1S/C24H39N3O7/c1-15-5-6-18-16(2)21(31-22-24(18)17(15)9-10-23(3,32-22)33-34-24)30-20(29)8-7-19(28)25-27-13-11-26(4)12-14-27/h15-18,21-22H,5-14H2,1-4H3,(H,25,28)/t15-,16-,17+,18+,21-,22-,23-,24-/m1/s1. The van der Waals surface area contributed by atoms with E-state index in [1.807, 2.05) is 18.9 Å². The first kappa shape index (κ1) is 24.4. The van der Waals surface area contributed by atoms with Crippen LogP contribution in [0, 0.1) is 23.7 Å². The minimum atomic E-state index is -0.867. The van der Waals surface area contributed by atoms with Crippen molar-refractivity contribution in [3.8, 4) is 0 Å². The molecule has 6 aliphatic rings. The molecule has 10 heteroatoms. The Morgan fingerprint density at radius 3 is 2.56 bits per heavy atom. The monoisotopic (exact) mass is 481 g/mol. The second kappa shape index (κ2) is 9.29. The first-order valence-electron chi connectivity index (χ1n) is 12.8. The van der Waals surface area contributed by atoms with Gasteiger partial charge in [0.15, 0.2) is 11.9 Å². The number of nitrogens with one attached hydrogen (secondary N) is 1. The van der Waals surface area contributed by atoms with Crippen LogP contribution < -0.4 is 5.43 Å². The Labute approximate surface area is 201 Å². The van der Waals surface area contributed by atoms with E-state index in [2.05, 4.69) is 24.3 Å². The fraction of sp³-hybridized carbons (Fsp3) is 0.917. The lowest BCUT2D eigenvalue weighted by molar-refractivity contribution is -0.576. The van der Waals surface area contributed by atoms with E-state index in [-0.39, 0.29) is 36.5 Å². The molecule has 0 aromatic carbocycles. The highest BCUT2D eigenvalue weighted by Gasteiger charge is 2.69. The number of ether oxygens (including phenoxy) is 3. The van der Waals surface area contributed by atoms with Gasteiger partial charge in [-0.3, -0.25) is 15.0 Å². The number of hydrogen-bond acceptors (Lipinski definition) is 9. The van der Waals surface area contributed by atoms with Crippen molar-refractivity contribution >= 4 is 11.9 Å². The van der Waals surface area contributed by atoms with Gasteiger partial charge in [0.1, 0.15) is 0 Å². The molecule has 0 radical (unpaired) electrons. The van der Waals surface area contributed by atoms with Crippen LogP contribution in [0.4, 0.5) is 0 Å². The van der Waals surface area contributed by atoms with Gasteiger partial charge in [0.05, 0.1) is 6.42 Å². The SMILES string of the molecule is C[C@H]1[C@H](OC(=O)CCC(=O)NN2CCN(C)CC2)O[C@@H]2O[C@@]3(C)CC[C@H]4[C@H](C)CC[C@@H]1[C@@]24OO3. The molecular formula is C24H39N3O7. The zero-order valence-electron chi connectivity index (χ0n) is 20.8. The van der Waals surface area contributed by atoms with Crippen LogP contribution >= 0.6 is 0 Å². The summed E-state index contributed by atoms with van der Waals surface area (Å²) in [6, 6.07) is 0. The van der Waals surface area contributed by atoms with E-state index in [1.165, 1.54) is 0 Å². The van der Waals surface area contributed by atoms with Gasteiger partial charge in [-0.2, -0.15) is 0 Å². The highest BCUT2D eigenvalue weighted by Crippen LogP contribution is 2.60. The maximum absolute atomic E-state index is 12.7. The number of amides is 1. The third kappa shape index (κ3) is 4.37. The number of esters is 1. The maximum Gasteiger partial charge on any atom is 0.308 e. The largest absolute Gasteiger partial charge is 0.435 e. The lowest BCUT2D eigenvalue weighted by Gasteiger charge is -2.59. The molecule has 34 heavy (non-hydrogen) atoms. The molecule has 1 N–H and O–H groups in total. The van der Waals surface area contributed by atoms with Gasteiger partial charge < -0.3 is 19.1 Å². The molecule has 1 spiro atoms. The number of fused-ring (bicyclic) bond motifs is 2. The first-order chi connectivity index (χ1) is 16.2. The van der Waals surface area contributed by atoms with Crippen LogP contribution in [0.3, 0.4) is 0 Å². The van der Waals surface area contributed by atoms with Crippen LogP contribution in [0.5, 0.6) is 0 Å². The van der Waals surface area contributed by atoms with Crippen molar-refractivity contribution < 1.29 is 33.6 Å². The third-order valence-corrected chi connectivity index (χ3v) is 8.69. The number of likely N-dealkylation sites (N-methyl/N-ethyl adjacent to an activating group) is 1. The van der Waals surface area contributed by atoms with Gasteiger partial charge in [0.25, 0.3) is 0 Å². The van der Waals surface area contributed by atoms with E-state index >= 15 is 0 Å². The summed E-state index contributed by atoms with van der Waals surface area (Å²) in [4.78, 5) is 39.1. The fourth-order valence-corrected chi connectivity index (χ4v) is 6.56. The van der Waals surface area contributed by atoms with Crippen molar-refractivity contribution in [2.24, 2.45) is 23.7 Å². The molecule has 8 atom stereocenters. The number of piperazine rings is 1. The highest BCUT2D eigenvalue weighted by molar-refractivity contribution is 5.80. The molecular weight excluding hydrogens is 442 g/mol. The van der Waals surface area contributed by atoms with Crippen LogP contribution in [0.2, 0.25) is 0 Å². The number of nitrogens with zero attached hydrogens (tertiary/aromatic N) is 2. The smallest absolute Gasteiger partial charge is 0.308 e. The Morgan fingerprint density at radius 1 is 1.03 bits per heavy atom. The van der Waals surface area contributed by atoms with Gasteiger partial charge in [-0.05, 0) is 45.1 Å². The predicted molar refractivity (Wildman–Crippen MR) is 119 cm³/mol. The van der Waals surface area contributed by atoms with Crippen LogP contribution in [0.25, 0.3) is 0 Å². The Bertz CT molecular complexity index is 791. The second-order valence-electron chi connectivity index (χ2n) is 11.1. The molecule has 5 aliphatic heterocycles. The van der Waals surface area contributed by atoms with E-state index in [0.29, 0.717) is 5.92 Å². The first-order valence-corrected chi connectivity index (χ1v) is 12.8. The molecule has 0 aromatic rings. The predicted octanol–water partition coefficient (Wildman–Crippen LogP) is 1.80. The molecule has 0 unspecified atom stereocenters. The van der Waals surface area contributed by atoms with Crippen LogP contribution in [0.1, 0.15) is 59.3 Å². The van der Waals surface area contributed by atoms with Crippen LogP contribution in [0.15, 0.2) is 0 Å². The van der Waals surface area contributed by atoms with Crippen molar-refractivity contribution in [1.29, 1.82) is 0 Å². The minimum Gasteiger partial charge on any atom is -0.435 e. The molecule has 10 nitrogen and oxygen atoms in total. The second-order valence-corrected chi connectivity index (χ2v) is 11.1. The van der Waals surface area contributed by atoms with Gasteiger partial charge in [-0.15, -0.1) is 0 Å². The number of hydrazine groups is 1. The molecule has 1 aliphatic carbocycles. The van der Waals surface area contributed by atoms with Crippen molar-refractivity contribution in [3.05, 3.63) is 0 Å². The summed E-state index contributed by atoms with van der Waals surface area (Å²) in [6.45, 7) is 9.53. The number of rotatable bonds is 5. The van der Waals surface area contributed by atoms with E-state index in [4.69, 9.17) is 24.0 Å². The summed E-state index contributed by atoms with van der Waals surface area (Å²) in [6.07, 6.45) is 2.39. The van der Waals surface area contributed by atoms with Gasteiger partial charge in [0.2, 0.25) is 18.0 Å². The molecule has 192 valence electrons. The summed E-state index contributed by atoms with van der Waals surface area (Å²) >= 11 is 0. The lowest BCUT2D eigenvalue weighted by atomic mass is 9.58. The summed E-state index contributed by atoms with van der Waals surface area (Å²) < 4.78 is 18.3. The Kier molecular flexibility index (Phi) is 6.67. The average Bonchev–Trinajstić information content (AvgIpc) is 3.03. The maximum atomic E-state index is 12.7. The number of hydrogen-bond donors (Lipinski definition) is 1. The molecule has 6 fully saturated rings. The van der Waals surface area contributed by atoms with Gasteiger partial charge in [-0.25, -0.2) is 14.8 Å². The zero-order chi connectivity index (χ0) is 24.1. The fourth-order valence-electron chi connectivity index (χ4n) is 6.56. The van der Waals surface area contributed by atoms with Crippen LogP contribution in [-0.2, 0) is 33.6 Å². The van der Waals surface area contributed by atoms with Crippen molar-refractivity contribution in [3.63, 3.8) is 0 Å². The molecule has 2 bridgehead atoms. The zero-order valence-corrected chi connectivity index (χ0v) is 20.8. The molecule has 5 saturated heterocycles. The summed E-state index contributed by atoms with van der Waals surface area (Å²) in [5.41, 5.74) is 2.20. The third-order valence-electron chi connectivity index (χ3n) is 8.69. The van der Waals surface area contributed by atoms with E-state index in [1.54, 1.807) is 0 Å². The Hall–Kier alpha value is -1.30. The number of carbonyl (C=O) groups excluding carboxylic acids is 2. The van der Waals surface area contributed by atoms with Gasteiger partial charge >= 0.3 is 5.97 Å². The van der Waals surface area contributed by atoms with Gasteiger partial charge in [0, 0.05) is 50.9 Å². The van der Waals surface area contributed by atoms with E-state index < -0.39 is 29.9 Å². The summed E-state index contributed by atoms with van der Waals surface area (Å²) in [5, 5.41) is 1.90. The molecule has 1 amide bonds. The minimum absolute atomic E-state index is 0.00444. The summed E-state index contributed by atoms with van der Waals surface area (Å²) in [7, 11) is 2.06. The average molecular weight is 482 g/mol. The van der Waals surface area contributed by atoms with Gasteiger partial charge in [-0.1, -0.05) is 13.8 Å². The molecule has 1 saturated carbocycles. The highest BCUT2D eigenvalue weighted by atomic mass is 17.3. The Balaban J connectivity index is 1.19.